The second-order valence-corrected chi connectivity index (χ2v) is 8.08. The Kier molecular flexibility index (Phi) is 4.70. The van der Waals surface area contributed by atoms with Crippen molar-refractivity contribution in [2.24, 2.45) is 0 Å². The molecule has 0 saturated carbocycles. The van der Waals surface area contributed by atoms with Gasteiger partial charge in [-0.1, -0.05) is 6.07 Å². The lowest BCUT2D eigenvalue weighted by Crippen LogP contribution is -2.31. The molecule has 2 aromatic rings. The number of aromatic nitrogens is 2. The highest BCUT2D eigenvalue weighted by atomic mass is 32.2. The Morgan fingerprint density at radius 1 is 1.23 bits per heavy atom. The van der Waals surface area contributed by atoms with Crippen LogP contribution in [0.15, 0.2) is 34.0 Å². The number of nitrogens with zero attached hydrogens (tertiary/aromatic N) is 3. The van der Waals surface area contributed by atoms with Crippen LogP contribution in [-0.2, 0) is 16.6 Å². The number of thiophene rings is 1. The summed E-state index contributed by atoms with van der Waals surface area (Å²) < 4.78 is 27.0. The Morgan fingerprint density at radius 2 is 2.05 bits per heavy atom. The minimum Gasteiger partial charge on any atom is -0.357 e. The van der Waals surface area contributed by atoms with Crippen molar-refractivity contribution in [2.45, 2.75) is 30.0 Å². The fraction of sp³-hybridized carbons (Fsp3) is 0.429. The molecule has 6 nitrogen and oxygen atoms in total. The van der Waals surface area contributed by atoms with E-state index in [4.69, 9.17) is 0 Å². The molecule has 1 aliphatic rings. The Morgan fingerprint density at radius 3 is 2.77 bits per heavy atom. The molecule has 0 spiro atoms. The predicted molar refractivity (Wildman–Crippen MR) is 86.4 cm³/mol. The summed E-state index contributed by atoms with van der Waals surface area (Å²) in [7, 11) is -3.48. The van der Waals surface area contributed by atoms with Gasteiger partial charge in [-0.2, -0.15) is 0 Å². The van der Waals surface area contributed by atoms with Crippen molar-refractivity contribution in [2.75, 3.05) is 18.0 Å². The van der Waals surface area contributed by atoms with Gasteiger partial charge in [0.1, 0.15) is 15.9 Å². The van der Waals surface area contributed by atoms with Crippen molar-refractivity contribution in [3.05, 3.63) is 35.6 Å². The van der Waals surface area contributed by atoms with E-state index in [0.29, 0.717) is 10.0 Å². The SMILES string of the molecule is O=S(=O)(NCc1nccc(N2CCCCC2)n1)c1cccs1. The van der Waals surface area contributed by atoms with Gasteiger partial charge >= 0.3 is 0 Å². The number of sulfonamides is 1. The zero-order chi connectivity index (χ0) is 15.4. The number of nitrogens with one attached hydrogen (secondary N) is 1. The van der Waals surface area contributed by atoms with Crippen molar-refractivity contribution < 1.29 is 8.42 Å². The van der Waals surface area contributed by atoms with Gasteiger partial charge in [0.2, 0.25) is 10.0 Å². The van der Waals surface area contributed by atoms with E-state index in [1.807, 2.05) is 6.07 Å². The maximum Gasteiger partial charge on any atom is 0.250 e. The van der Waals surface area contributed by atoms with Crippen LogP contribution >= 0.6 is 11.3 Å². The molecular formula is C14H18N4O2S2. The van der Waals surface area contributed by atoms with Gasteiger partial charge in [0, 0.05) is 19.3 Å². The van der Waals surface area contributed by atoms with Crippen LogP contribution in [0.1, 0.15) is 25.1 Å². The van der Waals surface area contributed by atoms with Crippen LogP contribution in [0.2, 0.25) is 0 Å². The summed E-state index contributed by atoms with van der Waals surface area (Å²) in [6.45, 7) is 2.09. The summed E-state index contributed by atoms with van der Waals surface area (Å²) in [6.07, 6.45) is 5.29. The van der Waals surface area contributed by atoms with Gasteiger partial charge in [0.15, 0.2) is 0 Å². The topological polar surface area (TPSA) is 75.2 Å². The van der Waals surface area contributed by atoms with Crippen LogP contribution in [0.5, 0.6) is 0 Å². The third-order valence-electron chi connectivity index (χ3n) is 3.55. The summed E-state index contributed by atoms with van der Waals surface area (Å²) >= 11 is 1.19. The molecular weight excluding hydrogens is 320 g/mol. The van der Waals surface area contributed by atoms with E-state index >= 15 is 0 Å². The molecule has 0 amide bonds. The average molecular weight is 338 g/mol. The summed E-state index contributed by atoms with van der Waals surface area (Å²) in [4.78, 5) is 10.9. The van der Waals surface area contributed by atoms with Crippen LogP contribution in [0.3, 0.4) is 0 Å². The van der Waals surface area contributed by atoms with Crippen molar-refractivity contribution in [3.8, 4) is 0 Å². The molecule has 8 heteroatoms. The van der Waals surface area contributed by atoms with Crippen molar-refractivity contribution in [3.63, 3.8) is 0 Å². The van der Waals surface area contributed by atoms with Gasteiger partial charge in [0.25, 0.3) is 0 Å². The lowest BCUT2D eigenvalue weighted by Gasteiger charge is -2.27. The van der Waals surface area contributed by atoms with Crippen molar-refractivity contribution in [1.29, 1.82) is 0 Å². The number of piperidine rings is 1. The summed E-state index contributed by atoms with van der Waals surface area (Å²) in [5.41, 5.74) is 0. The highest BCUT2D eigenvalue weighted by Crippen LogP contribution is 2.18. The number of hydrogen-bond acceptors (Lipinski definition) is 6. The summed E-state index contributed by atoms with van der Waals surface area (Å²) in [5.74, 6) is 1.36. The van der Waals surface area contributed by atoms with E-state index in [0.717, 1.165) is 18.9 Å². The third kappa shape index (κ3) is 3.63. The largest absolute Gasteiger partial charge is 0.357 e. The number of anilines is 1. The zero-order valence-corrected chi connectivity index (χ0v) is 13.7. The first kappa shape index (κ1) is 15.4. The minimum atomic E-state index is -3.48. The fourth-order valence-corrected chi connectivity index (χ4v) is 4.44. The molecule has 1 aliphatic heterocycles. The predicted octanol–water partition coefficient (Wildman–Crippen LogP) is 2.01. The first-order valence-electron chi connectivity index (χ1n) is 7.25. The van der Waals surface area contributed by atoms with Crippen LogP contribution in [0, 0.1) is 0 Å². The van der Waals surface area contributed by atoms with Gasteiger partial charge < -0.3 is 4.90 Å². The lowest BCUT2D eigenvalue weighted by atomic mass is 10.1. The maximum absolute atomic E-state index is 12.1. The summed E-state index contributed by atoms with van der Waals surface area (Å²) in [5, 5.41) is 1.74. The smallest absolute Gasteiger partial charge is 0.250 e. The van der Waals surface area contributed by atoms with E-state index in [2.05, 4.69) is 19.6 Å². The molecule has 0 unspecified atom stereocenters. The van der Waals surface area contributed by atoms with E-state index in [1.54, 1.807) is 23.7 Å². The quantitative estimate of drug-likeness (QED) is 0.902. The monoisotopic (exact) mass is 338 g/mol. The molecule has 0 atom stereocenters. The average Bonchev–Trinajstić information content (AvgIpc) is 3.10. The molecule has 0 aliphatic carbocycles. The fourth-order valence-electron chi connectivity index (χ4n) is 2.42. The van der Waals surface area contributed by atoms with Crippen molar-refractivity contribution >= 4 is 27.2 Å². The highest BCUT2D eigenvalue weighted by Gasteiger charge is 2.16. The normalized spacial score (nSPS) is 15.9. The molecule has 0 radical (unpaired) electrons. The second-order valence-electron chi connectivity index (χ2n) is 5.14. The standard InChI is InChI=1S/C14H18N4O2S2/c19-22(20,14-5-4-10-21-14)16-11-12-15-7-6-13(17-12)18-8-2-1-3-9-18/h4-7,10,16H,1-3,8-9,11H2. The molecule has 3 heterocycles. The minimum absolute atomic E-state index is 0.0991. The molecule has 0 bridgehead atoms. The Hall–Kier alpha value is -1.51. The summed E-state index contributed by atoms with van der Waals surface area (Å²) in [6, 6.07) is 5.17. The van der Waals surface area contributed by atoms with Crippen LogP contribution in [0.25, 0.3) is 0 Å². The molecule has 0 aromatic carbocycles. The van der Waals surface area contributed by atoms with Crippen LogP contribution in [-0.4, -0.2) is 31.5 Å². The van der Waals surface area contributed by atoms with Gasteiger partial charge in [0.05, 0.1) is 6.54 Å². The molecule has 3 rings (SSSR count). The molecule has 1 N–H and O–H groups in total. The van der Waals surface area contributed by atoms with Crippen LogP contribution in [0.4, 0.5) is 5.82 Å². The first-order valence-corrected chi connectivity index (χ1v) is 9.61. The van der Waals surface area contributed by atoms with Crippen LogP contribution < -0.4 is 9.62 Å². The van der Waals surface area contributed by atoms with Gasteiger partial charge in [-0.25, -0.2) is 23.1 Å². The molecule has 2 aromatic heterocycles. The van der Waals surface area contributed by atoms with E-state index < -0.39 is 10.0 Å². The molecule has 22 heavy (non-hydrogen) atoms. The second kappa shape index (κ2) is 6.72. The van der Waals surface area contributed by atoms with Gasteiger partial charge in [-0.05, 0) is 36.8 Å². The Labute approximate surface area is 134 Å². The number of rotatable bonds is 5. The zero-order valence-electron chi connectivity index (χ0n) is 12.1. The van der Waals surface area contributed by atoms with E-state index in [1.165, 1.54) is 30.6 Å². The Balaban J connectivity index is 1.68. The molecule has 1 fully saturated rings. The maximum atomic E-state index is 12.1. The van der Waals surface area contributed by atoms with Crippen molar-refractivity contribution in [1.82, 2.24) is 14.7 Å². The number of hydrogen-bond donors (Lipinski definition) is 1. The van der Waals surface area contributed by atoms with E-state index in [9.17, 15) is 8.42 Å². The van der Waals surface area contributed by atoms with Gasteiger partial charge in [-0.3, -0.25) is 0 Å². The molecule has 118 valence electrons. The third-order valence-corrected chi connectivity index (χ3v) is 6.35. The molecule has 1 saturated heterocycles. The first-order chi connectivity index (χ1) is 10.6. The van der Waals surface area contributed by atoms with Gasteiger partial charge in [-0.15, -0.1) is 11.3 Å². The lowest BCUT2D eigenvalue weighted by molar-refractivity contribution is 0.570. The highest BCUT2D eigenvalue weighted by molar-refractivity contribution is 7.91. The van der Waals surface area contributed by atoms with E-state index in [-0.39, 0.29) is 6.54 Å². The Bertz CT molecular complexity index is 710.